The predicted octanol–water partition coefficient (Wildman–Crippen LogP) is 3.83. The van der Waals surface area contributed by atoms with Gasteiger partial charge < -0.3 is 10.2 Å². The average Bonchev–Trinajstić information content (AvgIpc) is 2.69. The Morgan fingerprint density at radius 3 is 2.29 bits per heavy atom. The summed E-state index contributed by atoms with van der Waals surface area (Å²) < 4.78 is 25.8. The van der Waals surface area contributed by atoms with Crippen molar-refractivity contribution < 1.29 is 13.2 Å². The molecule has 8 heteroatoms. The lowest BCUT2D eigenvalue weighted by Crippen LogP contribution is -2.29. The van der Waals surface area contributed by atoms with E-state index in [0.29, 0.717) is 5.69 Å². The van der Waals surface area contributed by atoms with Crippen molar-refractivity contribution in [3.05, 3.63) is 53.1 Å². The molecule has 0 aromatic heterocycles. The molecule has 1 N–H and O–H groups in total. The second-order valence-corrected chi connectivity index (χ2v) is 9.51. The van der Waals surface area contributed by atoms with Crippen LogP contribution in [-0.4, -0.2) is 45.8 Å². The highest BCUT2D eigenvalue weighted by Crippen LogP contribution is 2.26. The highest BCUT2D eigenvalue weighted by molar-refractivity contribution is 7.89. The highest BCUT2D eigenvalue weighted by Gasteiger charge is 2.22. The molecule has 1 heterocycles. The first-order chi connectivity index (χ1) is 13.3. The number of piperidine rings is 1. The number of carbonyl (C=O) groups is 1. The van der Waals surface area contributed by atoms with Gasteiger partial charge in [-0.2, -0.15) is 0 Å². The zero-order valence-electron chi connectivity index (χ0n) is 16.0. The van der Waals surface area contributed by atoms with Gasteiger partial charge >= 0.3 is 0 Å². The largest absolute Gasteiger partial charge is 0.372 e. The van der Waals surface area contributed by atoms with Crippen molar-refractivity contribution in [1.82, 2.24) is 4.31 Å². The van der Waals surface area contributed by atoms with Gasteiger partial charge in [0.2, 0.25) is 10.0 Å². The molecule has 28 heavy (non-hydrogen) atoms. The van der Waals surface area contributed by atoms with Gasteiger partial charge in [-0.15, -0.1) is 0 Å². The van der Waals surface area contributed by atoms with Crippen LogP contribution in [0.4, 0.5) is 11.4 Å². The van der Waals surface area contributed by atoms with Crippen LogP contribution >= 0.6 is 11.6 Å². The van der Waals surface area contributed by atoms with Gasteiger partial charge in [-0.25, -0.2) is 12.7 Å². The van der Waals surface area contributed by atoms with E-state index in [1.165, 1.54) is 51.6 Å². The number of nitrogens with zero attached hydrogens (tertiary/aromatic N) is 2. The monoisotopic (exact) mass is 421 g/mol. The number of carbonyl (C=O) groups excluding carboxylic acids is 1. The molecule has 0 unspecified atom stereocenters. The molecule has 1 fully saturated rings. The standard InChI is InChI=1S/C20H24ClN3O3S/c1-23(2)28(26,27)19-14-15(6-11-18(19)21)20(25)22-16-7-9-17(10-8-16)24-12-4-3-5-13-24/h6-11,14H,3-5,12-13H2,1-2H3,(H,22,25). The molecule has 0 atom stereocenters. The molecule has 0 radical (unpaired) electrons. The molecule has 0 saturated carbocycles. The van der Waals surface area contributed by atoms with Gasteiger partial charge in [0.25, 0.3) is 5.91 Å². The van der Waals surface area contributed by atoms with Crippen molar-refractivity contribution >= 4 is 38.9 Å². The first kappa shape index (κ1) is 20.6. The Bertz CT molecular complexity index is 953. The Morgan fingerprint density at radius 2 is 1.68 bits per heavy atom. The molecule has 2 aromatic rings. The van der Waals surface area contributed by atoms with Gasteiger partial charge in [-0.1, -0.05) is 11.6 Å². The van der Waals surface area contributed by atoms with E-state index in [4.69, 9.17) is 11.6 Å². The van der Waals surface area contributed by atoms with Crippen LogP contribution in [0.25, 0.3) is 0 Å². The summed E-state index contributed by atoms with van der Waals surface area (Å²) in [6.07, 6.45) is 3.68. The van der Waals surface area contributed by atoms with Crippen LogP contribution in [0.5, 0.6) is 0 Å². The van der Waals surface area contributed by atoms with E-state index in [1.54, 1.807) is 0 Å². The SMILES string of the molecule is CN(C)S(=O)(=O)c1cc(C(=O)Nc2ccc(N3CCCCC3)cc2)ccc1Cl. The summed E-state index contributed by atoms with van der Waals surface area (Å²) >= 11 is 6.04. The first-order valence-corrected chi connectivity index (χ1v) is 11.0. The average molecular weight is 422 g/mol. The number of rotatable bonds is 5. The maximum Gasteiger partial charge on any atom is 0.255 e. The summed E-state index contributed by atoms with van der Waals surface area (Å²) in [7, 11) is -0.901. The van der Waals surface area contributed by atoms with Crippen molar-refractivity contribution in [2.45, 2.75) is 24.2 Å². The van der Waals surface area contributed by atoms with Crippen molar-refractivity contribution in [2.24, 2.45) is 0 Å². The van der Waals surface area contributed by atoms with Gasteiger partial charge in [-0.05, 0) is 61.7 Å². The number of hydrogen-bond acceptors (Lipinski definition) is 4. The molecular weight excluding hydrogens is 398 g/mol. The van der Waals surface area contributed by atoms with Crippen LogP contribution in [0.1, 0.15) is 29.6 Å². The van der Waals surface area contributed by atoms with E-state index in [0.717, 1.165) is 23.1 Å². The zero-order valence-corrected chi connectivity index (χ0v) is 17.6. The van der Waals surface area contributed by atoms with Crippen molar-refractivity contribution in [3.63, 3.8) is 0 Å². The number of halogens is 1. The smallest absolute Gasteiger partial charge is 0.255 e. The molecule has 0 spiro atoms. The molecular formula is C20H24ClN3O3S. The van der Waals surface area contributed by atoms with E-state index in [-0.39, 0.29) is 15.5 Å². The second kappa shape index (κ2) is 8.51. The fourth-order valence-corrected chi connectivity index (χ4v) is 4.54. The van der Waals surface area contributed by atoms with Crippen molar-refractivity contribution in [2.75, 3.05) is 37.4 Å². The number of hydrogen-bond donors (Lipinski definition) is 1. The number of nitrogens with one attached hydrogen (secondary N) is 1. The fraction of sp³-hybridized carbons (Fsp3) is 0.350. The molecule has 1 aliphatic rings. The lowest BCUT2D eigenvalue weighted by atomic mass is 10.1. The number of amides is 1. The summed E-state index contributed by atoms with van der Waals surface area (Å²) in [5.74, 6) is -0.391. The summed E-state index contributed by atoms with van der Waals surface area (Å²) in [5, 5.41) is 2.89. The third-order valence-electron chi connectivity index (χ3n) is 4.80. The predicted molar refractivity (Wildman–Crippen MR) is 113 cm³/mol. The third kappa shape index (κ3) is 4.48. The number of sulfonamides is 1. The zero-order chi connectivity index (χ0) is 20.3. The van der Waals surface area contributed by atoms with Gasteiger partial charge in [0, 0.05) is 44.1 Å². The number of benzene rings is 2. The minimum Gasteiger partial charge on any atom is -0.372 e. The molecule has 3 rings (SSSR count). The molecule has 0 bridgehead atoms. The Morgan fingerprint density at radius 1 is 1.04 bits per heavy atom. The Labute approximate surface area is 171 Å². The van der Waals surface area contributed by atoms with Gasteiger partial charge in [0.1, 0.15) is 4.90 Å². The Kier molecular flexibility index (Phi) is 6.27. The van der Waals surface area contributed by atoms with Gasteiger partial charge in [-0.3, -0.25) is 4.79 Å². The summed E-state index contributed by atoms with van der Waals surface area (Å²) in [4.78, 5) is 14.8. The Balaban J connectivity index is 1.76. The molecule has 1 amide bonds. The molecule has 6 nitrogen and oxygen atoms in total. The highest BCUT2D eigenvalue weighted by atomic mass is 35.5. The molecule has 0 aliphatic carbocycles. The molecule has 1 aliphatic heterocycles. The van der Waals surface area contributed by atoms with Crippen LogP contribution in [-0.2, 0) is 10.0 Å². The van der Waals surface area contributed by atoms with Crippen LogP contribution in [0.3, 0.4) is 0 Å². The quantitative estimate of drug-likeness (QED) is 0.796. The lowest BCUT2D eigenvalue weighted by molar-refractivity contribution is 0.102. The van der Waals surface area contributed by atoms with E-state index >= 15 is 0 Å². The molecule has 150 valence electrons. The topological polar surface area (TPSA) is 69.7 Å². The summed E-state index contributed by atoms with van der Waals surface area (Å²) in [6, 6.07) is 11.9. The van der Waals surface area contributed by atoms with Gasteiger partial charge in [0.15, 0.2) is 0 Å². The van der Waals surface area contributed by atoms with Crippen LogP contribution in [0, 0.1) is 0 Å². The normalized spacial score (nSPS) is 14.9. The van der Waals surface area contributed by atoms with Crippen LogP contribution in [0.2, 0.25) is 5.02 Å². The van der Waals surface area contributed by atoms with Crippen molar-refractivity contribution in [3.8, 4) is 0 Å². The molecule has 2 aromatic carbocycles. The minimum absolute atomic E-state index is 0.0798. The van der Waals surface area contributed by atoms with E-state index in [1.807, 2.05) is 24.3 Å². The lowest BCUT2D eigenvalue weighted by Gasteiger charge is -2.28. The van der Waals surface area contributed by atoms with Crippen LogP contribution in [0.15, 0.2) is 47.4 Å². The van der Waals surface area contributed by atoms with Crippen LogP contribution < -0.4 is 10.2 Å². The first-order valence-electron chi connectivity index (χ1n) is 9.17. The molecule has 1 saturated heterocycles. The van der Waals surface area contributed by atoms with Gasteiger partial charge in [0.05, 0.1) is 5.02 Å². The van der Waals surface area contributed by atoms with E-state index < -0.39 is 15.9 Å². The summed E-state index contributed by atoms with van der Waals surface area (Å²) in [6.45, 7) is 2.11. The minimum atomic E-state index is -3.74. The van der Waals surface area contributed by atoms with Crippen molar-refractivity contribution in [1.29, 1.82) is 0 Å². The van der Waals surface area contributed by atoms with E-state index in [2.05, 4.69) is 10.2 Å². The fourth-order valence-electron chi connectivity index (χ4n) is 3.15. The summed E-state index contributed by atoms with van der Waals surface area (Å²) in [5.41, 5.74) is 2.02. The van der Waals surface area contributed by atoms with E-state index in [9.17, 15) is 13.2 Å². The second-order valence-electron chi connectivity index (χ2n) is 6.98. The maximum absolute atomic E-state index is 12.6. The Hall–Kier alpha value is -2.09. The third-order valence-corrected chi connectivity index (χ3v) is 7.10. The number of anilines is 2. The maximum atomic E-state index is 12.6.